The molecule has 2 aromatic rings. The summed E-state index contributed by atoms with van der Waals surface area (Å²) in [7, 11) is 0. The first kappa shape index (κ1) is 9.74. The van der Waals surface area contributed by atoms with Crippen LogP contribution in [0, 0.1) is 0 Å². The van der Waals surface area contributed by atoms with Crippen molar-refractivity contribution in [1.82, 2.24) is 10.2 Å². The van der Waals surface area contributed by atoms with Gasteiger partial charge >= 0.3 is 0 Å². The number of nitrogens with one attached hydrogen (secondary N) is 1. The van der Waals surface area contributed by atoms with Crippen LogP contribution in [0.2, 0.25) is 0 Å². The minimum absolute atomic E-state index is 0.127. The minimum atomic E-state index is 0.127. The van der Waals surface area contributed by atoms with Crippen LogP contribution in [0.15, 0.2) is 29.8 Å². The largest absolute Gasteiger partial charge is 0.353 e. The Labute approximate surface area is 97.5 Å². The van der Waals surface area contributed by atoms with Gasteiger partial charge in [0.1, 0.15) is 5.51 Å². The fraction of sp³-hybridized carbons (Fsp3) is 0.273. The van der Waals surface area contributed by atoms with E-state index in [0.717, 1.165) is 11.6 Å². The minimum Gasteiger partial charge on any atom is -0.353 e. The molecule has 5 heteroatoms. The van der Waals surface area contributed by atoms with Crippen LogP contribution in [0.1, 0.15) is 29.6 Å². The van der Waals surface area contributed by atoms with Gasteiger partial charge < -0.3 is 11.1 Å². The molecule has 2 atom stereocenters. The van der Waals surface area contributed by atoms with Crippen molar-refractivity contribution in [2.45, 2.75) is 18.5 Å². The maximum Gasteiger partial charge on any atom is 0.205 e. The fourth-order valence-corrected chi connectivity index (χ4v) is 2.69. The molecule has 0 saturated carbocycles. The number of nitrogens with two attached hydrogens (primary N) is 1. The van der Waals surface area contributed by atoms with Crippen LogP contribution < -0.4 is 11.1 Å². The van der Waals surface area contributed by atoms with Crippen LogP contribution in [0.4, 0.5) is 5.13 Å². The second-order valence-electron chi connectivity index (χ2n) is 3.91. The molecular formula is C11H12N4S. The molecule has 2 unspecified atom stereocenters. The zero-order valence-corrected chi connectivity index (χ0v) is 9.45. The highest BCUT2D eigenvalue weighted by molar-refractivity contribution is 7.13. The van der Waals surface area contributed by atoms with E-state index in [4.69, 9.17) is 5.73 Å². The summed E-state index contributed by atoms with van der Waals surface area (Å²) in [5.41, 5.74) is 10.3. The van der Waals surface area contributed by atoms with E-state index in [1.165, 1.54) is 22.5 Å². The number of anilines is 1. The number of hydrogen-bond donors (Lipinski definition) is 2. The SMILES string of the molecule is NC1CC(Nc2nncs2)c2ccccc21. The Morgan fingerprint density at radius 1 is 1.31 bits per heavy atom. The van der Waals surface area contributed by atoms with Crippen LogP contribution in [-0.4, -0.2) is 10.2 Å². The lowest BCUT2D eigenvalue weighted by Crippen LogP contribution is -2.09. The Morgan fingerprint density at radius 3 is 2.88 bits per heavy atom. The van der Waals surface area contributed by atoms with Crippen LogP contribution >= 0.6 is 11.3 Å². The smallest absolute Gasteiger partial charge is 0.205 e. The van der Waals surface area contributed by atoms with Gasteiger partial charge in [0.25, 0.3) is 0 Å². The molecule has 0 radical (unpaired) electrons. The molecule has 16 heavy (non-hydrogen) atoms. The Hall–Kier alpha value is -1.46. The van der Waals surface area contributed by atoms with E-state index in [2.05, 4.69) is 27.6 Å². The molecule has 1 heterocycles. The molecule has 1 aromatic heterocycles. The summed E-state index contributed by atoms with van der Waals surface area (Å²) in [5.74, 6) is 0. The first-order valence-electron chi connectivity index (χ1n) is 5.21. The lowest BCUT2D eigenvalue weighted by Gasteiger charge is -2.11. The summed E-state index contributed by atoms with van der Waals surface area (Å²) in [5, 5.41) is 12.0. The van der Waals surface area contributed by atoms with Gasteiger partial charge in [-0.15, -0.1) is 10.2 Å². The lowest BCUT2D eigenvalue weighted by molar-refractivity contribution is 0.647. The van der Waals surface area contributed by atoms with Crippen LogP contribution in [0.3, 0.4) is 0 Å². The number of nitrogens with zero attached hydrogens (tertiary/aromatic N) is 2. The molecule has 4 nitrogen and oxygen atoms in total. The number of rotatable bonds is 2. The number of fused-ring (bicyclic) bond motifs is 1. The van der Waals surface area contributed by atoms with Gasteiger partial charge in [-0.05, 0) is 17.5 Å². The van der Waals surface area contributed by atoms with Crippen molar-refractivity contribution in [3.05, 3.63) is 40.9 Å². The Kier molecular flexibility index (Phi) is 2.34. The number of benzene rings is 1. The summed E-state index contributed by atoms with van der Waals surface area (Å²) in [6.45, 7) is 0. The van der Waals surface area contributed by atoms with E-state index in [1.807, 2.05) is 12.1 Å². The first-order chi connectivity index (χ1) is 7.84. The predicted octanol–water partition coefficient (Wildman–Crippen LogP) is 2.09. The molecule has 1 aliphatic carbocycles. The van der Waals surface area contributed by atoms with E-state index in [9.17, 15) is 0 Å². The fourth-order valence-electron chi connectivity index (χ4n) is 2.20. The zero-order chi connectivity index (χ0) is 11.0. The summed E-state index contributed by atoms with van der Waals surface area (Å²) in [6.07, 6.45) is 0.916. The van der Waals surface area contributed by atoms with Gasteiger partial charge in [0.15, 0.2) is 0 Å². The van der Waals surface area contributed by atoms with Gasteiger partial charge in [-0.3, -0.25) is 0 Å². The van der Waals surface area contributed by atoms with Crippen molar-refractivity contribution in [2.24, 2.45) is 5.73 Å². The molecule has 0 saturated heterocycles. The highest BCUT2D eigenvalue weighted by Crippen LogP contribution is 2.39. The zero-order valence-electron chi connectivity index (χ0n) is 8.63. The summed E-state index contributed by atoms with van der Waals surface area (Å²) < 4.78 is 0. The highest BCUT2D eigenvalue weighted by atomic mass is 32.1. The van der Waals surface area contributed by atoms with Crippen molar-refractivity contribution in [2.75, 3.05) is 5.32 Å². The summed E-state index contributed by atoms with van der Waals surface area (Å²) >= 11 is 1.51. The van der Waals surface area contributed by atoms with Crippen LogP contribution in [0.5, 0.6) is 0 Å². The lowest BCUT2D eigenvalue weighted by atomic mass is 10.1. The van der Waals surface area contributed by atoms with Gasteiger partial charge in [0.05, 0.1) is 6.04 Å². The predicted molar refractivity (Wildman–Crippen MR) is 64.3 cm³/mol. The van der Waals surface area contributed by atoms with Gasteiger partial charge in [-0.2, -0.15) is 0 Å². The second-order valence-corrected chi connectivity index (χ2v) is 4.75. The summed E-state index contributed by atoms with van der Waals surface area (Å²) in [6, 6.07) is 8.70. The number of aromatic nitrogens is 2. The van der Waals surface area contributed by atoms with Crippen LogP contribution in [-0.2, 0) is 0 Å². The molecule has 0 aliphatic heterocycles. The monoisotopic (exact) mass is 232 g/mol. The number of hydrogen-bond acceptors (Lipinski definition) is 5. The average Bonchev–Trinajstić information content (AvgIpc) is 2.90. The van der Waals surface area contributed by atoms with Crippen LogP contribution in [0.25, 0.3) is 0 Å². The molecule has 3 N–H and O–H groups in total. The van der Waals surface area contributed by atoms with Gasteiger partial charge in [0.2, 0.25) is 5.13 Å². The van der Waals surface area contributed by atoms with E-state index in [1.54, 1.807) is 5.51 Å². The van der Waals surface area contributed by atoms with Gasteiger partial charge in [0, 0.05) is 6.04 Å². The van der Waals surface area contributed by atoms with Crippen molar-refractivity contribution < 1.29 is 0 Å². The maximum atomic E-state index is 6.09. The molecule has 0 bridgehead atoms. The van der Waals surface area contributed by atoms with Crippen molar-refractivity contribution in [3.63, 3.8) is 0 Å². The molecule has 1 aliphatic rings. The third-order valence-corrected chi connectivity index (χ3v) is 3.54. The standard InChI is InChI=1S/C11H12N4S/c12-9-5-10(14-11-15-13-6-16-11)8-4-2-1-3-7(8)9/h1-4,6,9-10H,5,12H2,(H,14,15). The molecule has 0 fully saturated rings. The van der Waals surface area contributed by atoms with Crippen molar-refractivity contribution in [1.29, 1.82) is 0 Å². The Balaban J connectivity index is 1.89. The molecule has 0 amide bonds. The van der Waals surface area contributed by atoms with Gasteiger partial charge in [-0.1, -0.05) is 35.6 Å². The van der Waals surface area contributed by atoms with Gasteiger partial charge in [-0.25, -0.2) is 0 Å². The molecule has 0 spiro atoms. The Bertz CT molecular complexity index is 482. The van der Waals surface area contributed by atoms with E-state index < -0.39 is 0 Å². The van der Waals surface area contributed by atoms with Crippen molar-refractivity contribution in [3.8, 4) is 0 Å². The van der Waals surface area contributed by atoms with E-state index in [0.29, 0.717) is 0 Å². The van der Waals surface area contributed by atoms with E-state index in [-0.39, 0.29) is 12.1 Å². The quantitative estimate of drug-likeness (QED) is 0.832. The second kappa shape index (κ2) is 3.84. The normalized spacial score (nSPS) is 23.1. The summed E-state index contributed by atoms with van der Waals surface area (Å²) in [4.78, 5) is 0. The third-order valence-electron chi connectivity index (χ3n) is 2.92. The Morgan fingerprint density at radius 2 is 2.12 bits per heavy atom. The van der Waals surface area contributed by atoms with E-state index >= 15 is 0 Å². The first-order valence-corrected chi connectivity index (χ1v) is 6.09. The highest BCUT2D eigenvalue weighted by Gasteiger charge is 2.28. The molecular weight excluding hydrogens is 220 g/mol. The molecule has 3 rings (SSSR count). The average molecular weight is 232 g/mol. The topological polar surface area (TPSA) is 63.8 Å². The van der Waals surface area contributed by atoms with Crippen molar-refractivity contribution >= 4 is 16.5 Å². The maximum absolute atomic E-state index is 6.09. The molecule has 1 aromatic carbocycles. The third kappa shape index (κ3) is 1.58. The molecule has 82 valence electrons.